The summed E-state index contributed by atoms with van der Waals surface area (Å²) in [6.07, 6.45) is 5.17. The summed E-state index contributed by atoms with van der Waals surface area (Å²) in [4.78, 5) is 14.8. The molecule has 1 saturated carbocycles. The van der Waals surface area contributed by atoms with Gasteiger partial charge in [0, 0.05) is 34.6 Å². The SMILES string of the molecule is CC(C)C1N(C(=O)Nc2ccc(-c3csnn3)cc2)CC12CCCC2. The summed E-state index contributed by atoms with van der Waals surface area (Å²) in [5, 5.41) is 9.05. The molecule has 2 fully saturated rings. The highest BCUT2D eigenvalue weighted by Crippen LogP contribution is 2.52. The predicted molar refractivity (Wildman–Crippen MR) is 101 cm³/mol. The summed E-state index contributed by atoms with van der Waals surface area (Å²) < 4.78 is 3.89. The number of benzene rings is 1. The molecule has 2 heterocycles. The first kappa shape index (κ1) is 16.5. The first-order valence-corrected chi connectivity index (χ1v) is 9.88. The number of likely N-dealkylation sites (tertiary alicyclic amines) is 1. The number of amides is 2. The van der Waals surface area contributed by atoms with E-state index in [0.29, 0.717) is 17.4 Å². The van der Waals surface area contributed by atoms with Gasteiger partial charge >= 0.3 is 6.03 Å². The molecule has 1 saturated heterocycles. The fourth-order valence-corrected chi connectivity index (χ4v) is 5.22. The molecule has 6 heteroatoms. The number of hydrogen-bond acceptors (Lipinski definition) is 4. The predicted octanol–water partition coefficient (Wildman–Crippen LogP) is 4.64. The van der Waals surface area contributed by atoms with E-state index in [1.807, 2.05) is 34.5 Å². The van der Waals surface area contributed by atoms with Crippen molar-refractivity contribution >= 4 is 23.3 Å². The fraction of sp³-hybridized carbons (Fsp3) is 0.526. The zero-order valence-electron chi connectivity index (χ0n) is 14.7. The number of anilines is 1. The van der Waals surface area contributed by atoms with Crippen molar-refractivity contribution in [3.05, 3.63) is 29.6 Å². The third-order valence-electron chi connectivity index (χ3n) is 5.73. The van der Waals surface area contributed by atoms with Gasteiger partial charge in [0.1, 0.15) is 5.69 Å². The minimum atomic E-state index is 0.0271. The van der Waals surface area contributed by atoms with Gasteiger partial charge in [0.05, 0.1) is 0 Å². The fourth-order valence-electron chi connectivity index (χ4n) is 4.76. The third kappa shape index (κ3) is 2.92. The normalized spacial score (nSPS) is 21.6. The summed E-state index contributed by atoms with van der Waals surface area (Å²) in [6, 6.07) is 8.21. The van der Waals surface area contributed by atoms with Gasteiger partial charge in [-0.2, -0.15) is 0 Å². The van der Waals surface area contributed by atoms with E-state index in [4.69, 9.17) is 0 Å². The van der Waals surface area contributed by atoms with Crippen LogP contribution in [0, 0.1) is 11.3 Å². The molecule has 2 aliphatic rings. The summed E-state index contributed by atoms with van der Waals surface area (Å²) in [6.45, 7) is 5.38. The molecule has 1 N–H and O–H groups in total. The van der Waals surface area contributed by atoms with Gasteiger partial charge in [-0.05, 0) is 42.4 Å². The minimum Gasteiger partial charge on any atom is -0.320 e. The van der Waals surface area contributed by atoms with Crippen LogP contribution in [0.2, 0.25) is 0 Å². The number of hydrogen-bond donors (Lipinski definition) is 1. The average Bonchev–Trinajstić information content (AvgIpc) is 3.26. The Balaban J connectivity index is 1.43. The van der Waals surface area contributed by atoms with E-state index < -0.39 is 0 Å². The molecule has 5 nitrogen and oxygen atoms in total. The van der Waals surface area contributed by atoms with E-state index in [-0.39, 0.29) is 6.03 Å². The number of nitrogens with zero attached hydrogens (tertiary/aromatic N) is 3. The molecule has 1 aromatic heterocycles. The Morgan fingerprint density at radius 1 is 1.28 bits per heavy atom. The Hall–Kier alpha value is -1.95. The second kappa shape index (κ2) is 6.41. The molecule has 1 atom stereocenters. The van der Waals surface area contributed by atoms with Crippen LogP contribution in [-0.2, 0) is 0 Å². The van der Waals surface area contributed by atoms with Crippen molar-refractivity contribution in [2.24, 2.45) is 11.3 Å². The van der Waals surface area contributed by atoms with Crippen molar-refractivity contribution in [3.8, 4) is 11.3 Å². The molecule has 1 aromatic carbocycles. The van der Waals surface area contributed by atoms with Crippen LogP contribution in [0.5, 0.6) is 0 Å². The highest BCUT2D eigenvalue weighted by Gasteiger charge is 2.56. The van der Waals surface area contributed by atoms with E-state index in [1.54, 1.807) is 0 Å². The van der Waals surface area contributed by atoms with Gasteiger partial charge in [-0.15, -0.1) is 5.10 Å². The number of rotatable bonds is 3. The standard InChI is InChI=1S/C19H24N4OS/c1-13(2)17-19(9-3-4-10-19)12-23(17)18(24)20-15-7-5-14(6-8-15)16-11-25-22-21-16/h5-8,11,13,17H,3-4,9-10,12H2,1-2H3,(H,20,24). The summed E-state index contributed by atoms with van der Waals surface area (Å²) in [5.74, 6) is 0.497. The van der Waals surface area contributed by atoms with Crippen molar-refractivity contribution in [1.29, 1.82) is 0 Å². The zero-order chi connectivity index (χ0) is 17.4. The maximum absolute atomic E-state index is 12.8. The first-order valence-electron chi connectivity index (χ1n) is 9.04. The number of carbonyl (C=O) groups excluding carboxylic acids is 1. The maximum Gasteiger partial charge on any atom is 0.322 e. The van der Waals surface area contributed by atoms with Crippen molar-refractivity contribution in [2.75, 3.05) is 11.9 Å². The van der Waals surface area contributed by atoms with Crippen molar-refractivity contribution in [3.63, 3.8) is 0 Å². The highest BCUT2D eigenvalue weighted by molar-refractivity contribution is 7.03. The number of urea groups is 1. The second-order valence-electron chi connectivity index (χ2n) is 7.68. The summed E-state index contributed by atoms with van der Waals surface area (Å²) in [5.41, 5.74) is 3.09. The van der Waals surface area contributed by atoms with Crippen LogP contribution in [-0.4, -0.2) is 33.1 Å². The molecule has 2 amide bonds. The molecule has 1 aliphatic carbocycles. The van der Waals surface area contributed by atoms with Crippen LogP contribution in [0.25, 0.3) is 11.3 Å². The number of aromatic nitrogens is 2. The number of carbonyl (C=O) groups is 1. The Kier molecular flexibility index (Phi) is 4.23. The van der Waals surface area contributed by atoms with Crippen LogP contribution < -0.4 is 5.32 Å². The van der Waals surface area contributed by atoms with Crippen LogP contribution in [0.1, 0.15) is 39.5 Å². The number of nitrogens with one attached hydrogen (secondary N) is 1. The molecule has 1 spiro atoms. The van der Waals surface area contributed by atoms with E-state index in [0.717, 1.165) is 23.5 Å². The Bertz CT molecular complexity index is 735. The largest absolute Gasteiger partial charge is 0.322 e. The lowest BCUT2D eigenvalue weighted by molar-refractivity contribution is -0.0578. The molecule has 0 radical (unpaired) electrons. The molecule has 4 rings (SSSR count). The Morgan fingerprint density at radius 2 is 2.00 bits per heavy atom. The van der Waals surface area contributed by atoms with Crippen LogP contribution in [0.4, 0.5) is 10.5 Å². The van der Waals surface area contributed by atoms with Gasteiger partial charge in [0.15, 0.2) is 0 Å². The second-order valence-corrected chi connectivity index (χ2v) is 8.29. The minimum absolute atomic E-state index is 0.0271. The molecule has 132 valence electrons. The first-order chi connectivity index (χ1) is 12.1. The van der Waals surface area contributed by atoms with Crippen LogP contribution in [0.3, 0.4) is 0 Å². The molecule has 1 aliphatic heterocycles. The molecular formula is C19H24N4OS. The summed E-state index contributed by atoms with van der Waals surface area (Å²) >= 11 is 1.34. The average molecular weight is 356 g/mol. The van der Waals surface area contributed by atoms with Gasteiger partial charge in [-0.1, -0.05) is 43.3 Å². The van der Waals surface area contributed by atoms with Crippen LogP contribution in [0.15, 0.2) is 29.6 Å². The lowest BCUT2D eigenvalue weighted by Crippen LogP contribution is -2.68. The summed E-state index contributed by atoms with van der Waals surface area (Å²) in [7, 11) is 0. The molecule has 25 heavy (non-hydrogen) atoms. The molecular weight excluding hydrogens is 332 g/mol. The Labute approximate surface area is 152 Å². The zero-order valence-corrected chi connectivity index (χ0v) is 15.6. The van der Waals surface area contributed by atoms with E-state index in [2.05, 4.69) is 28.8 Å². The Morgan fingerprint density at radius 3 is 2.60 bits per heavy atom. The van der Waals surface area contributed by atoms with E-state index in [9.17, 15) is 4.79 Å². The van der Waals surface area contributed by atoms with Crippen molar-refractivity contribution in [1.82, 2.24) is 14.5 Å². The van der Waals surface area contributed by atoms with Gasteiger partial charge < -0.3 is 10.2 Å². The lowest BCUT2D eigenvalue weighted by Gasteiger charge is -2.58. The van der Waals surface area contributed by atoms with Gasteiger partial charge in [0.25, 0.3) is 0 Å². The van der Waals surface area contributed by atoms with Crippen LogP contribution >= 0.6 is 11.5 Å². The molecule has 2 aromatic rings. The quantitative estimate of drug-likeness (QED) is 0.872. The lowest BCUT2D eigenvalue weighted by atomic mass is 9.66. The highest BCUT2D eigenvalue weighted by atomic mass is 32.1. The topological polar surface area (TPSA) is 58.1 Å². The maximum atomic E-state index is 12.8. The van der Waals surface area contributed by atoms with Crippen molar-refractivity contribution in [2.45, 2.75) is 45.6 Å². The van der Waals surface area contributed by atoms with E-state index >= 15 is 0 Å². The van der Waals surface area contributed by atoms with Gasteiger partial charge in [-0.3, -0.25) is 0 Å². The smallest absolute Gasteiger partial charge is 0.320 e. The van der Waals surface area contributed by atoms with E-state index in [1.165, 1.54) is 37.2 Å². The van der Waals surface area contributed by atoms with Crippen molar-refractivity contribution < 1.29 is 4.79 Å². The molecule has 0 bridgehead atoms. The molecule has 1 unspecified atom stereocenters. The monoisotopic (exact) mass is 356 g/mol. The van der Waals surface area contributed by atoms with Gasteiger partial charge in [0.2, 0.25) is 0 Å². The van der Waals surface area contributed by atoms with Gasteiger partial charge in [-0.25, -0.2) is 4.79 Å². The third-order valence-corrected chi connectivity index (χ3v) is 6.24.